The third kappa shape index (κ3) is 2.67. The molecule has 0 saturated heterocycles. The second kappa shape index (κ2) is 5.69. The Bertz CT molecular complexity index is 626. The highest BCUT2D eigenvalue weighted by atomic mass is 79.9. The Kier molecular flexibility index (Phi) is 3.93. The van der Waals surface area contributed by atoms with Crippen molar-refractivity contribution in [2.45, 2.75) is 41.8 Å². The minimum absolute atomic E-state index is 0.342. The van der Waals surface area contributed by atoms with Crippen LogP contribution in [0.1, 0.15) is 31.7 Å². The molecular weight excluding hydrogens is 345 g/mol. The maximum absolute atomic E-state index is 13.6. The number of anilines is 1. The molecule has 20 heavy (non-hydrogen) atoms. The predicted molar refractivity (Wildman–Crippen MR) is 78.0 cm³/mol. The van der Waals surface area contributed by atoms with Crippen LogP contribution in [0.25, 0.3) is 0 Å². The van der Waals surface area contributed by atoms with E-state index in [2.05, 4.69) is 31.5 Å². The first kappa shape index (κ1) is 13.8. The van der Waals surface area contributed by atoms with Crippen LogP contribution < -0.4 is 5.73 Å². The summed E-state index contributed by atoms with van der Waals surface area (Å²) < 4.78 is 15.8. The van der Waals surface area contributed by atoms with Crippen molar-refractivity contribution in [3.8, 4) is 0 Å². The lowest BCUT2D eigenvalue weighted by Gasteiger charge is -2.11. The maximum atomic E-state index is 13.6. The number of hydrogen-bond donors (Lipinski definition) is 1. The van der Waals surface area contributed by atoms with Crippen LogP contribution in [-0.4, -0.2) is 20.2 Å². The molecule has 3 rings (SSSR count). The maximum Gasteiger partial charge on any atom is 0.214 e. The Balaban J connectivity index is 1.88. The molecule has 0 spiro atoms. The zero-order valence-corrected chi connectivity index (χ0v) is 13.0. The van der Waals surface area contributed by atoms with Crippen LogP contribution in [0.4, 0.5) is 10.1 Å². The predicted octanol–water partition coefficient (Wildman–Crippen LogP) is 3.42. The van der Waals surface area contributed by atoms with E-state index in [4.69, 9.17) is 5.73 Å². The molecule has 2 aromatic rings. The first-order chi connectivity index (χ1) is 9.65. The number of nitrogens with two attached hydrogens (primary N) is 1. The van der Waals surface area contributed by atoms with Gasteiger partial charge in [-0.2, -0.15) is 0 Å². The van der Waals surface area contributed by atoms with Gasteiger partial charge in [0.2, 0.25) is 5.16 Å². The minimum Gasteiger partial charge on any atom is -0.398 e. The third-order valence-electron chi connectivity index (χ3n) is 3.39. The summed E-state index contributed by atoms with van der Waals surface area (Å²) >= 11 is 4.41. The second-order valence-corrected chi connectivity index (χ2v) is 6.61. The molecule has 1 aromatic heterocycles. The van der Waals surface area contributed by atoms with Gasteiger partial charge in [-0.15, -0.1) is 5.10 Å². The van der Waals surface area contributed by atoms with E-state index in [1.165, 1.54) is 30.7 Å². The van der Waals surface area contributed by atoms with Crippen molar-refractivity contribution in [3.63, 3.8) is 0 Å². The number of tetrazole rings is 1. The Morgan fingerprint density at radius 2 is 2.10 bits per heavy atom. The summed E-state index contributed by atoms with van der Waals surface area (Å²) in [5.41, 5.74) is 6.42. The van der Waals surface area contributed by atoms with E-state index in [1.807, 2.05) is 4.68 Å². The summed E-state index contributed by atoms with van der Waals surface area (Å²) in [5.74, 6) is -0.346. The smallest absolute Gasteiger partial charge is 0.214 e. The summed E-state index contributed by atoms with van der Waals surface area (Å²) in [6, 6.07) is 3.30. The second-order valence-electron chi connectivity index (χ2n) is 4.75. The molecular formula is C12H13BrFN5S. The molecule has 1 aromatic carbocycles. The van der Waals surface area contributed by atoms with Crippen LogP contribution in [0.15, 0.2) is 26.7 Å². The Labute approximate surface area is 128 Å². The number of halogens is 2. The van der Waals surface area contributed by atoms with Crippen LogP contribution in [0.2, 0.25) is 0 Å². The van der Waals surface area contributed by atoms with Gasteiger partial charge in [0.05, 0.1) is 10.5 Å². The van der Waals surface area contributed by atoms with Gasteiger partial charge in [0, 0.05) is 10.6 Å². The lowest BCUT2D eigenvalue weighted by molar-refractivity contribution is 0.423. The highest BCUT2D eigenvalue weighted by molar-refractivity contribution is 9.10. The van der Waals surface area contributed by atoms with Gasteiger partial charge in [0.15, 0.2) is 0 Å². The number of rotatable bonds is 3. The number of aromatic nitrogens is 4. The monoisotopic (exact) mass is 357 g/mol. The lowest BCUT2D eigenvalue weighted by atomic mass is 10.3. The fraction of sp³-hybridized carbons (Fsp3) is 0.417. The van der Waals surface area contributed by atoms with Crippen LogP contribution in [-0.2, 0) is 0 Å². The van der Waals surface area contributed by atoms with Crippen molar-refractivity contribution in [1.29, 1.82) is 0 Å². The normalized spacial score (nSPS) is 15.9. The Morgan fingerprint density at radius 3 is 2.85 bits per heavy atom. The van der Waals surface area contributed by atoms with E-state index >= 15 is 0 Å². The van der Waals surface area contributed by atoms with Gasteiger partial charge in [0.1, 0.15) is 5.82 Å². The molecule has 0 radical (unpaired) electrons. The average molecular weight is 358 g/mol. The van der Waals surface area contributed by atoms with Crippen molar-refractivity contribution in [3.05, 3.63) is 22.4 Å². The molecule has 1 fully saturated rings. The summed E-state index contributed by atoms with van der Waals surface area (Å²) in [4.78, 5) is 0.625. The summed E-state index contributed by atoms with van der Waals surface area (Å²) in [6.07, 6.45) is 4.57. The Hall–Kier alpha value is -1.15. The van der Waals surface area contributed by atoms with Gasteiger partial charge < -0.3 is 5.73 Å². The van der Waals surface area contributed by atoms with Crippen LogP contribution >= 0.6 is 27.7 Å². The van der Waals surface area contributed by atoms with Gasteiger partial charge in [0.25, 0.3) is 0 Å². The van der Waals surface area contributed by atoms with Gasteiger partial charge in [-0.1, -0.05) is 12.8 Å². The topological polar surface area (TPSA) is 69.6 Å². The third-order valence-corrected chi connectivity index (χ3v) is 5.02. The van der Waals surface area contributed by atoms with Crippen LogP contribution in [0.3, 0.4) is 0 Å². The molecule has 0 aliphatic heterocycles. The van der Waals surface area contributed by atoms with Crippen molar-refractivity contribution >= 4 is 33.4 Å². The number of nitrogen functional groups attached to an aromatic ring is 1. The molecule has 1 aliphatic carbocycles. The summed E-state index contributed by atoms with van der Waals surface area (Å²) in [6.45, 7) is 0. The quantitative estimate of drug-likeness (QED) is 0.852. The largest absolute Gasteiger partial charge is 0.398 e. The average Bonchev–Trinajstić information content (AvgIpc) is 3.06. The summed E-state index contributed by atoms with van der Waals surface area (Å²) in [5, 5.41) is 12.5. The van der Waals surface area contributed by atoms with E-state index in [0.717, 1.165) is 12.8 Å². The standard InChI is InChI=1S/C12H13BrFN5S/c13-8-5-10(15)11(6-9(8)14)20-12-16-17-18-19(12)7-3-1-2-4-7/h5-7H,1-4,15H2. The van der Waals surface area contributed by atoms with Crippen molar-refractivity contribution in [1.82, 2.24) is 20.2 Å². The van der Waals surface area contributed by atoms with Gasteiger partial charge in [-0.25, -0.2) is 9.07 Å². The van der Waals surface area contributed by atoms with E-state index in [1.54, 1.807) is 6.07 Å². The lowest BCUT2D eigenvalue weighted by Crippen LogP contribution is -2.08. The van der Waals surface area contributed by atoms with Crippen molar-refractivity contribution in [2.24, 2.45) is 0 Å². The SMILES string of the molecule is Nc1cc(Br)c(F)cc1Sc1nnnn1C1CCCC1. The fourth-order valence-electron chi connectivity index (χ4n) is 2.36. The van der Waals surface area contributed by atoms with Crippen LogP contribution in [0.5, 0.6) is 0 Å². The zero-order chi connectivity index (χ0) is 14.1. The van der Waals surface area contributed by atoms with Crippen LogP contribution in [0, 0.1) is 5.82 Å². The molecule has 1 heterocycles. The molecule has 5 nitrogen and oxygen atoms in total. The zero-order valence-electron chi connectivity index (χ0n) is 10.6. The molecule has 8 heteroatoms. The number of hydrogen-bond acceptors (Lipinski definition) is 5. The van der Waals surface area contributed by atoms with Crippen molar-refractivity contribution < 1.29 is 4.39 Å². The molecule has 0 atom stereocenters. The van der Waals surface area contributed by atoms with E-state index < -0.39 is 0 Å². The highest BCUT2D eigenvalue weighted by Gasteiger charge is 2.22. The van der Waals surface area contributed by atoms with Gasteiger partial charge >= 0.3 is 0 Å². The molecule has 106 valence electrons. The van der Waals surface area contributed by atoms with Gasteiger partial charge in [-0.3, -0.25) is 0 Å². The molecule has 1 saturated carbocycles. The van der Waals surface area contributed by atoms with Gasteiger partial charge in [-0.05, 0) is 63.1 Å². The van der Waals surface area contributed by atoms with Crippen molar-refractivity contribution in [2.75, 3.05) is 5.73 Å². The highest BCUT2D eigenvalue weighted by Crippen LogP contribution is 2.37. The molecule has 0 bridgehead atoms. The molecule has 0 unspecified atom stereocenters. The first-order valence-electron chi connectivity index (χ1n) is 6.35. The molecule has 2 N–H and O–H groups in total. The Morgan fingerprint density at radius 1 is 1.35 bits per heavy atom. The number of benzene rings is 1. The first-order valence-corrected chi connectivity index (χ1v) is 7.96. The van der Waals surface area contributed by atoms with E-state index in [-0.39, 0.29) is 5.82 Å². The molecule has 0 amide bonds. The molecule has 1 aliphatic rings. The minimum atomic E-state index is -0.346. The fourth-order valence-corrected chi connectivity index (χ4v) is 3.61. The summed E-state index contributed by atoms with van der Waals surface area (Å²) in [7, 11) is 0. The van der Waals surface area contributed by atoms with E-state index in [0.29, 0.717) is 26.3 Å². The van der Waals surface area contributed by atoms with E-state index in [9.17, 15) is 4.39 Å². The number of nitrogens with zero attached hydrogens (tertiary/aromatic N) is 4.